The van der Waals surface area contributed by atoms with Crippen LogP contribution in [0.5, 0.6) is 0 Å². The number of nitrogens with zero attached hydrogens (tertiary/aromatic N) is 3. The molecule has 21 heavy (non-hydrogen) atoms. The molecule has 2 N–H and O–H groups in total. The van der Waals surface area contributed by atoms with Crippen LogP contribution in [0.4, 0.5) is 0 Å². The average Bonchev–Trinajstić information content (AvgIpc) is 2.97. The summed E-state index contributed by atoms with van der Waals surface area (Å²) in [6, 6.07) is -0.150. The molecule has 6 nitrogen and oxygen atoms in total. The number of aromatic amines is 1. The van der Waals surface area contributed by atoms with Gasteiger partial charge in [0.1, 0.15) is 16.7 Å². The van der Waals surface area contributed by atoms with Crippen LogP contribution in [0.25, 0.3) is 0 Å². The molecule has 0 aliphatic carbocycles. The largest absolute Gasteiger partial charge is 0.347 e. The van der Waals surface area contributed by atoms with Crippen molar-refractivity contribution < 1.29 is 4.79 Å². The van der Waals surface area contributed by atoms with E-state index in [-0.39, 0.29) is 11.9 Å². The lowest BCUT2D eigenvalue weighted by Crippen LogP contribution is -2.30. The molecule has 1 amide bonds. The van der Waals surface area contributed by atoms with Gasteiger partial charge < -0.3 is 10.3 Å². The number of thioether (sulfide) groups is 1. The van der Waals surface area contributed by atoms with E-state index in [1.165, 1.54) is 11.8 Å². The maximum absolute atomic E-state index is 12.6. The van der Waals surface area contributed by atoms with Crippen LogP contribution < -0.4 is 5.32 Å². The Hall–Kier alpha value is -1.89. The lowest BCUT2D eigenvalue weighted by atomic mass is 10.1. The van der Waals surface area contributed by atoms with Gasteiger partial charge in [0.25, 0.3) is 5.91 Å². The van der Waals surface area contributed by atoms with E-state index in [9.17, 15) is 4.79 Å². The van der Waals surface area contributed by atoms with Crippen molar-refractivity contribution in [3.05, 3.63) is 35.3 Å². The first kappa shape index (κ1) is 15.5. The summed E-state index contributed by atoms with van der Waals surface area (Å²) in [7, 11) is 0. The molecule has 0 spiro atoms. The van der Waals surface area contributed by atoms with Crippen molar-refractivity contribution in [2.75, 3.05) is 6.26 Å². The number of hydrogen-bond donors (Lipinski definition) is 2. The molecule has 1 unspecified atom stereocenters. The van der Waals surface area contributed by atoms with Gasteiger partial charge in [0.15, 0.2) is 0 Å². The maximum atomic E-state index is 12.6. The third kappa shape index (κ3) is 3.41. The van der Waals surface area contributed by atoms with Gasteiger partial charge in [-0.15, -0.1) is 11.8 Å². The van der Waals surface area contributed by atoms with E-state index >= 15 is 0 Å². The monoisotopic (exact) mass is 305 g/mol. The predicted molar refractivity (Wildman–Crippen MR) is 82.4 cm³/mol. The lowest BCUT2D eigenvalue weighted by Gasteiger charge is -2.16. The Morgan fingerprint density at radius 3 is 2.76 bits per heavy atom. The highest BCUT2D eigenvalue weighted by Gasteiger charge is 2.21. The van der Waals surface area contributed by atoms with E-state index < -0.39 is 0 Å². The van der Waals surface area contributed by atoms with Gasteiger partial charge in [0, 0.05) is 12.4 Å². The summed E-state index contributed by atoms with van der Waals surface area (Å²) >= 11 is 1.45. The molecular weight excluding hydrogens is 286 g/mol. The zero-order valence-corrected chi connectivity index (χ0v) is 13.4. The van der Waals surface area contributed by atoms with Gasteiger partial charge >= 0.3 is 0 Å². The van der Waals surface area contributed by atoms with Crippen LogP contribution >= 0.6 is 11.8 Å². The fourth-order valence-electron chi connectivity index (χ4n) is 2.15. The zero-order valence-electron chi connectivity index (χ0n) is 12.6. The van der Waals surface area contributed by atoms with Gasteiger partial charge in [-0.2, -0.15) is 0 Å². The van der Waals surface area contributed by atoms with Gasteiger partial charge in [-0.3, -0.25) is 4.79 Å². The number of rotatable bonds is 5. The zero-order chi connectivity index (χ0) is 15.4. The number of carbonyl (C=O) groups excluding carboxylic acids is 1. The first-order valence-electron chi connectivity index (χ1n) is 6.76. The van der Waals surface area contributed by atoms with E-state index in [2.05, 4.69) is 25.3 Å². The summed E-state index contributed by atoms with van der Waals surface area (Å²) in [5.74, 6) is 1.26. The van der Waals surface area contributed by atoms with Gasteiger partial charge in [0.2, 0.25) is 0 Å². The van der Waals surface area contributed by atoms with E-state index in [1.807, 2.05) is 27.0 Å². The molecule has 2 rings (SSSR count). The molecule has 2 aromatic rings. The normalized spacial score (nSPS) is 12.2. The molecule has 0 aliphatic rings. The van der Waals surface area contributed by atoms with Gasteiger partial charge in [-0.1, -0.05) is 6.92 Å². The highest BCUT2D eigenvalue weighted by atomic mass is 32.2. The predicted octanol–water partition coefficient (Wildman–Crippen LogP) is 2.42. The molecule has 2 heterocycles. The van der Waals surface area contributed by atoms with Crippen LogP contribution in [0.1, 0.15) is 47.1 Å². The molecule has 0 aromatic carbocycles. The first-order chi connectivity index (χ1) is 10.1. The van der Waals surface area contributed by atoms with Crippen molar-refractivity contribution in [3.63, 3.8) is 0 Å². The summed E-state index contributed by atoms with van der Waals surface area (Å²) in [4.78, 5) is 28.4. The molecule has 0 saturated carbocycles. The van der Waals surface area contributed by atoms with Crippen LogP contribution in [0, 0.1) is 13.8 Å². The van der Waals surface area contributed by atoms with Crippen molar-refractivity contribution >= 4 is 17.7 Å². The average molecular weight is 305 g/mol. The van der Waals surface area contributed by atoms with Crippen molar-refractivity contribution in [2.24, 2.45) is 0 Å². The Morgan fingerprint density at radius 1 is 1.43 bits per heavy atom. The van der Waals surface area contributed by atoms with Crippen molar-refractivity contribution in [2.45, 2.75) is 38.3 Å². The van der Waals surface area contributed by atoms with Crippen molar-refractivity contribution in [1.82, 2.24) is 25.3 Å². The minimum absolute atomic E-state index is 0.150. The molecule has 7 heteroatoms. The first-order valence-corrected chi connectivity index (χ1v) is 7.98. The number of hydrogen-bond acceptors (Lipinski definition) is 5. The highest BCUT2D eigenvalue weighted by Crippen LogP contribution is 2.22. The second kappa shape index (κ2) is 6.71. The van der Waals surface area contributed by atoms with Crippen molar-refractivity contribution in [3.8, 4) is 0 Å². The molecule has 0 saturated heterocycles. The lowest BCUT2D eigenvalue weighted by molar-refractivity contribution is 0.0929. The summed E-state index contributed by atoms with van der Waals surface area (Å²) in [6.45, 7) is 5.66. The van der Waals surface area contributed by atoms with Crippen LogP contribution in [0.15, 0.2) is 17.4 Å². The molecule has 0 fully saturated rings. The Labute approximate surface area is 128 Å². The van der Waals surface area contributed by atoms with E-state index in [0.29, 0.717) is 22.1 Å². The SMILES string of the molecule is CCC(NC(=O)c1c(C)nc(C)nc1SC)c1ncc[nH]1. The third-order valence-corrected chi connectivity index (χ3v) is 3.83. The maximum Gasteiger partial charge on any atom is 0.256 e. The molecular formula is C14H19N5OS. The Kier molecular flexibility index (Phi) is 4.95. The molecule has 0 radical (unpaired) electrons. The van der Waals surface area contributed by atoms with Crippen molar-refractivity contribution in [1.29, 1.82) is 0 Å². The minimum atomic E-state index is -0.167. The number of aryl methyl sites for hydroxylation is 2. The molecule has 112 valence electrons. The summed E-state index contributed by atoms with van der Waals surface area (Å²) in [5, 5.41) is 3.70. The molecule has 1 atom stereocenters. The van der Waals surface area contributed by atoms with Gasteiger partial charge in [-0.25, -0.2) is 15.0 Å². The number of imidazole rings is 1. The number of nitrogens with one attached hydrogen (secondary N) is 2. The summed E-state index contributed by atoms with van der Waals surface area (Å²) < 4.78 is 0. The quantitative estimate of drug-likeness (QED) is 0.654. The number of aromatic nitrogens is 4. The Bertz CT molecular complexity index is 627. The molecule has 0 bridgehead atoms. The smallest absolute Gasteiger partial charge is 0.256 e. The van der Waals surface area contributed by atoms with Crippen LogP contribution in [-0.2, 0) is 0 Å². The van der Waals surface area contributed by atoms with Crippen LogP contribution in [0.2, 0.25) is 0 Å². The van der Waals surface area contributed by atoms with Crippen LogP contribution in [0.3, 0.4) is 0 Å². The van der Waals surface area contributed by atoms with Gasteiger partial charge in [0.05, 0.1) is 17.3 Å². The summed E-state index contributed by atoms with van der Waals surface area (Å²) in [6.07, 6.45) is 6.08. The van der Waals surface area contributed by atoms with E-state index in [0.717, 1.165) is 12.2 Å². The van der Waals surface area contributed by atoms with Gasteiger partial charge in [-0.05, 0) is 26.5 Å². The van der Waals surface area contributed by atoms with E-state index in [4.69, 9.17) is 0 Å². The second-order valence-electron chi connectivity index (χ2n) is 4.65. The standard InChI is InChI=1S/C14H19N5OS/c1-5-10(12-15-6-7-16-12)19-13(20)11-8(2)17-9(3)18-14(11)21-4/h6-7,10H,5H2,1-4H3,(H,15,16)(H,19,20). The molecule has 0 aliphatic heterocycles. The number of carbonyl (C=O) groups is 1. The highest BCUT2D eigenvalue weighted by molar-refractivity contribution is 7.98. The minimum Gasteiger partial charge on any atom is -0.347 e. The van der Waals surface area contributed by atoms with Crippen LogP contribution in [-0.4, -0.2) is 32.1 Å². The Balaban J connectivity index is 2.28. The fraction of sp³-hybridized carbons (Fsp3) is 0.429. The summed E-state index contributed by atoms with van der Waals surface area (Å²) in [5.41, 5.74) is 1.23. The number of H-pyrrole nitrogens is 1. The topological polar surface area (TPSA) is 83.6 Å². The van der Waals surface area contributed by atoms with E-state index in [1.54, 1.807) is 12.4 Å². The second-order valence-corrected chi connectivity index (χ2v) is 5.44. The fourth-order valence-corrected chi connectivity index (χ4v) is 2.82. The number of amides is 1. The third-order valence-electron chi connectivity index (χ3n) is 3.15. The molecule has 2 aromatic heterocycles. The Morgan fingerprint density at radius 2 is 2.19 bits per heavy atom.